The summed E-state index contributed by atoms with van der Waals surface area (Å²) in [5.74, 6) is -0.180. The highest BCUT2D eigenvalue weighted by Crippen LogP contribution is 2.08. The number of hydrogen-bond donors (Lipinski definition) is 3. The van der Waals surface area contributed by atoms with E-state index in [1.165, 1.54) is 0 Å². The van der Waals surface area contributed by atoms with E-state index in [1.54, 1.807) is 14.0 Å². The number of benzene rings is 1. The molecule has 3 atom stereocenters. The Labute approximate surface area is 108 Å². The predicted molar refractivity (Wildman–Crippen MR) is 72.0 cm³/mol. The average Bonchev–Trinajstić information content (AvgIpc) is 2.36. The van der Waals surface area contributed by atoms with Crippen molar-refractivity contribution in [1.29, 1.82) is 0 Å². The van der Waals surface area contributed by atoms with Gasteiger partial charge in [-0.15, -0.1) is 0 Å². The lowest BCUT2D eigenvalue weighted by atomic mass is 10.0. The Morgan fingerprint density at radius 2 is 1.89 bits per heavy atom. The van der Waals surface area contributed by atoms with Crippen molar-refractivity contribution < 1.29 is 9.90 Å². The molecule has 0 bridgehead atoms. The quantitative estimate of drug-likeness (QED) is 0.658. The summed E-state index contributed by atoms with van der Waals surface area (Å²) in [5.41, 5.74) is 1.14. The second-order valence-corrected chi connectivity index (χ2v) is 4.61. The first-order chi connectivity index (χ1) is 8.54. The highest BCUT2D eigenvalue weighted by atomic mass is 16.3. The van der Waals surface area contributed by atoms with Crippen LogP contribution in [0.2, 0.25) is 0 Å². The van der Waals surface area contributed by atoms with Crippen molar-refractivity contribution in [3.05, 3.63) is 35.9 Å². The Kier molecular flexibility index (Phi) is 5.82. The van der Waals surface area contributed by atoms with E-state index in [4.69, 9.17) is 0 Å². The zero-order valence-corrected chi connectivity index (χ0v) is 11.2. The number of carbonyl (C=O) groups is 1. The topological polar surface area (TPSA) is 61.4 Å². The van der Waals surface area contributed by atoms with E-state index in [0.717, 1.165) is 5.56 Å². The minimum Gasteiger partial charge on any atom is -0.390 e. The van der Waals surface area contributed by atoms with Crippen LogP contribution < -0.4 is 10.6 Å². The normalized spacial score (nSPS) is 15.8. The van der Waals surface area contributed by atoms with E-state index < -0.39 is 12.3 Å². The molecule has 0 saturated carbocycles. The minimum absolute atomic E-state index is 0.0564. The lowest BCUT2D eigenvalue weighted by Crippen LogP contribution is -2.51. The molecule has 0 radical (unpaired) electrons. The third-order valence-corrected chi connectivity index (χ3v) is 2.92. The van der Waals surface area contributed by atoms with Gasteiger partial charge in [0.1, 0.15) is 6.17 Å². The molecule has 1 aromatic rings. The molecular weight excluding hydrogens is 228 g/mol. The summed E-state index contributed by atoms with van der Waals surface area (Å²) >= 11 is 0. The van der Waals surface area contributed by atoms with Crippen molar-refractivity contribution in [3.63, 3.8) is 0 Å². The molecule has 4 heteroatoms. The van der Waals surface area contributed by atoms with Crippen molar-refractivity contribution >= 4 is 5.91 Å². The van der Waals surface area contributed by atoms with Crippen molar-refractivity contribution in [2.75, 3.05) is 7.05 Å². The number of likely N-dealkylation sites (N-methyl/N-ethyl adjacent to an activating group) is 1. The molecule has 0 saturated heterocycles. The molecule has 3 N–H and O–H groups in total. The van der Waals surface area contributed by atoms with Crippen molar-refractivity contribution in [2.45, 2.75) is 32.5 Å². The van der Waals surface area contributed by atoms with Gasteiger partial charge in [0.05, 0.1) is 6.10 Å². The van der Waals surface area contributed by atoms with Gasteiger partial charge < -0.3 is 10.4 Å². The Balaban J connectivity index is 2.51. The molecule has 0 heterocycles. The lowest BCUT2D eigenvalue weighted by molar-refractivity contribution is -0.126. The minimum atomic E-state index is -0.622. The summed E-state index contributed by atoms with van der Waals surface area (Å²) < 4.78 is 0. The summed E-state index contributed by atoms with van der Waals surface area (Å²) in [6, 6.07) is 9.90. The SMILES string of the molecule is CN[C@@H](NC(=O)[C@@H](C)Cc1ccccc1)[C@@H](C)O. The molecule has 1 rings (SSSR count). The number of nitrogens with one attached hydrogen (secondary N) is 2. The van der Waals surface area contributed by atoms with Crippen LogP contribution in [0.25, 0.3) is 0 Å². The van der Waals surface area contributed by atoms with Crippen LogP contribution >= 0.6 is 0 Å². The Bertz CT molecular complexity index is 365. The second-order valence-electron chi connectivity index (χ2n) is 4.61. The largest absolute Gasteiger partial charge is 0.390 e. The first-order valence-electron chi connectivity index (χ1n) is 6.24. The number of aliphatic hydroxyl groups is 1. The van der Waals surface area contributed by atoms with Gasteiger partial charge in [0.2, 0.25) is 5.91 Å². The summed E-state index contributed by atoms with van der Waals surface area (Å²) in [7, 11) is 1.71. The second kappa shape index (κ2) is 7.13. The number of amides is 1. The van der Waals surface area contributed by atoms with E-state index in [1.807, 2.05) is 37.3 Å². The van der Waals surface area contributed by atoms with E-state index >= 15 is 0 Å². The summed E-state index contributed by atoms with van der Waals surface area (Å²) in [6.07, 6.45) is -0.332. The number of aliphatic hydroxyl groups excluding tert-OH is 1. The average molecular weight is 250 g/mol. The molecule has 1 amide bonds. The molecule has 1 aromatic carbocycles. The Morgan fingerprint density at radius 3 is 2.39 bits per heavy atom. The highest BCUT2D eigenvalue weighted by Gasteiger charge is 2.19. The summed E-state index contributed by atoms with van der Waals surface area (Å²) in [6.45, 7) is 3.53. The number of carbonyl (C=O) groups excluding carboxylic acids is 1. The van der Waals surface area contributed by atoms with Gasteiger partial charge in [0.25, 0.3) is 0 Å². The smallest absolute Gasteiger partial charge is 0.224 e. The lowest BCUT2D eigenvalue weighted by Gasteiger charge is -2.22. The van der Waals surface area contributed by atoms with Gasteiger partial charge in [0.15, 0.2) is 0 Å². The zero-order chi connectivity index (χ0) is 13.5. The van der Waals surface area contributed by atoms with Crippen LogP contribution in [-0.4, -0.2) is 30.3 Å². The van der Waals surface area contributed by atoms with Crippen LogP contribution in [0, 0.1) is 5.92 Å². The van der Waals surface area contributed by atoms with Crippen LogP contribution in [0.5, 0.6) is 0 Å². The fraction of sp³-hybridized carbons (Fsp3) is 0.500. The molecule has 4 nitrogen and oxygen atoms in total. The zero-order valence-electron chi connectivity index (χ0n) is 11.2. The fourth-order valence-corrected chi connectivity index (χ4v) is 1.79. The molecule has 0 aliphatic rings. The maximum Gasteiger partial charge on any atom is 0.224 e. The van der Waals surface area contributed by atoms with Gasteiger partial charge in [-0.3, -0.25) is 10.1 Å². The molecular formula is C14H22N2O2. The van der Waals surface area contributed by atoms with E-state index in [2.05, 4.69) is 10.6 Å². The van der Waals surface area contributed by atoms with Crippen molar-refractivity contribution in [3.8, 4) is 0 Å². The molecule has 0 aromatic heterocycles. The molecule has 0 aliphatic heterocycles. The first kappa shape index (κ1) is 14.7. The van der Waals surface area contributed by atoms with Crippen LogP contribution in [-0.2, 0) is 11.2 Å². The summed E-state index contributed by atoms with van der Waals surface area (Å²) in [5, 5.41) is 15.1. The monoisotopic (exact) mass is 250 g/mol. The van der Waals surface area contributed by atoms with Crippen LogP contribution in [0.3, 0.4) is 0 Å². The van der Waals surface area contributed by atoms with Gasteiger partial charge in [-0.2, -0.15) is 0 Å². The maximum absolute atomic E-state index is 12.0. The van der Waals surface area contributed by atoms with E-state index in [-0.39, 0.29) is 11.8 Å². The molecule has 100 valence electrons. The number of hydrogen-bond acceptors (Lipinski definition) is 3. The fourth-order valence-electron chi connectivity index (χ4n) is 1.79. The molecule has 18 heavy (non-hydrogen) atoms. The molecule has 0 unspecified atom stereocenters. The molecule has 0 fully saturated rings. The molecule has 0 spiro atoms. The third kappa shape index (κ3) is 4.47. The standard InChI is InChI=1S/C14H22N2O2/c1-10(9-12-7-5-4-6-8-12)14(18)16-13(15-3)11(2)17/h4-8,10-11,13,15,17H,9H2,1-3H3,(H,16,18)/t10-,11+,13-/m0/s1. The Morgan fingerprint density at radius 1 is 1.28 bits per heavy atom. The number of rotatable bonds is 6. The predicted octanol–water partition coefficient (Wildman–Crippen LogP) is 0.908. The summed E-state index contributed by atoms with van der Waals surface area (Å²) in [4.78, 5) is 12.0. The van der Waals surface area contributed by atoms with Crippen LogP contribution in [0.15, 0.2) is 30.3 Å². The van der Waals surface area contributed by atoms with Crippen molar-refractivity contribution in [2.24, 2.45) is 5.92 Å². The van der Waals surface area contributed by atoms with Crippen LogP contribution in [0.4, 0.5) is 0 Å². The van der Waals surface area contributed by atoms with Gasteiger partial charge in [-0.1, -0.05) is 37.3 Å². The van der Waals surface area contributed by atoms with Gasteiger partial charge in [0, 0.05) is 5.92 Å². The van der Waals surface area contributed by atoms with E-state index in [0.29, 0.717) is 6.42 Å². The van der Waals surface area contributed by atoms with Gasteiger partial charge in [-0.25, -0.2) is 0 Å². The van der Waals surface area contributed by atoms with Crippen LogP contribution in [0.1, 0.15) is 19.4 Å². The Hall–Kier alpha value is -1.39. The maximum atomic E-state index is 12.0. The van der Waals surface area contributed by atoms with Gasteiger partial charge >= 0.3 is 0 Å². The first-order valence-corrected chi connectivity index (χ1v) is 6.24. The van der Waals surface area contributed by atoms with Gasteiger partial charge in [-0.05, 0) is 26.0 Å². The molecule has 0 aliphatic carbocycles. The third-order valence-electron chi connectivity index (χ3n) is 2.92. The van der Waals surface area contributed by atoms with Crippen molar-refractivity contribution in [1.82, 2.24) is 10.6 Å². The highest BCUT2D eigenvalue weighted by molar-refractivity contribution is 5.78. The van der Waals surface area contributed by atoms with E-state index in [9.17, 15) is 9.90 Å².